The average Bonchev–Trinajstić information content (AvgIpc) is 3.23. The van der Waals surface area contributed by atoms with Crippen LogP contribution in [0.1, 0.15) is 48.0 Å². The number of aromatic nitrogens is 2. The molecule has 0 bridgehead atoms. The number of hydrogen-bond donors (Lipinski definition) is 2. The number of para-hydroxylation sites is 1. The molecule has 0 spiro atoms. The van der Waals surface area contributed by atoms with Gasteiger partial charge in [0.05, 0.1) is 23.0 Å². The van der Waals surface area contributed by atoms with E-state index in [0.717, 1.165) is 42.3 Å². The van der Waals surface area contributed by atoms with Crippen LogP contribution in [0.15, 0.2) is 54.9 Å². The number of carbonyl (C=O) groups excluding carboxylic acids is 1. The first-order chi connectivity index (χ1) is 13.7. The summed E-state index contributed by atoms with van der Waals surface area (Å²) in [5, 5.41) is 11.7. The first-order valence-electron chi connectivity index (χ1n) is 10.2. The molecule has 3 atom stereocenters. The number of benzene rings is 2. The fourth-order valence-corrected chi connectivity index (χ4v) is 5.31. The van der Waals surface area contributed by atoms with Gasteiger partial charge in [-0.1, -0.05) is 49.2 Å². The van der Waals surface area contributed by atoms with Gasteiger partial charge in [0.25, 0.3) is 5.91 Å². The van der Waals surface area contributed by atoms with E-state index in [1.807, 2.05) is 53.4 Å². The molecule has 2 N–H and O–H groups in total. The Balaban J connectivity index is 1.51. The highest BCUT2D eigenvalue weighted by Gasteiger charge is 2.50. The third-order valence-electron chi connectivity index (χ3n) is 6.69. The van der Waals surface area contributed by atoms with Gasteiger partial charge in [0.15, 0.2) is 0 Å². The van der Waals surface area contributed by atoms with E-state index in [1.54, 1.807) is 6.33 Å². The third-order valence-corrected chi connectivity index (χ3v) is 6.69. The number of imidazole rings is 1. The van der Waals surface area contributed by atoms with Gasteiger partial charge in [0.2, 0.25) is 0 Å². The second-order valence-corrected chi connectivity index (χ2v) is 8.10. The Morgan fingerprint density at radius 1 is 1.11 bits per heavy atom. The predicted molar refractivity (Wildman–Crippen MR) is 108 cm³/mol. The van der Waals surface area contributed by atoms with Gasteiger partial charge in [0, 0.05) is 18.5 Å². The van der Waals surface area contributed by atoms with Crippen LogP contribution in [0, 0.1) is 5.92 Å². The van der Waals surface area contributed by atoms with Crippen LogP contribution in [-0.2, 0) is 5.60 Å². The number of nitrogens with one attached hydrogen (secondary N) is 1. The molecule has 144 valence electrons. The lowest BCUT2D eigenvalue weighted by Crippen LogP contribution is -2.59. The Morgan fingerprint density at radius 3 is 2.79 bits per heavy atom. The van der Waals surface area contributed by atoms with Gasteiger partial charge in [-0.25, -0.2) is 4.98 Å². The lowest BCUT2D eigenvalue weighted by Gasteiger charge is -2.52. The molecule has 2 aromatic carbocycles. The van der Waals surface area contributed by atoms with Gasteiger partial charge < -0.3 is 15.0 Å². The van der Waals surface area contributed by atoms with Crippen molar-refractivity contribution < 1.29 is 9.90 Å². The summed E-state index contributed by atoms with van der Waals surface area (Å²) in [6.45, 7) is 0.562. The maximum atomic E-state index is 13.5. The monoisotopic (exact) mass is 375 g/mol. The van der Waals surface area contributed by atoms with Gasteiger partial charge in [-0.15, -0.1) is 0 Å². The summed E-state index contributed by atoms with van der Waals surface area (Å²) in [5.74, 6) is 0.101. The third kappa shape index (κ3) is 2.65. The number of fused-ring (bicyclic) bond motifs is 2. The second-order valence-electron chi connectivity index (χ2n) is 8.10. The number of likely N-dealkylation sites (tertiary alicyclic amines) is 1. The summed E-state index contributed by atoms with van der Waals surface area (Å²) >= 11 is 0. The molecule has 5 heteroatoms. The summed E-state index contributed by atoms with van der Waals surface area (Å²) in [6.07, 6.45) is 6.31. The minimum Gasteiger partial charge on any atom is -0.385 e. The highest BCUT2D eigenvalue weighted by molar-refractivity contribution is 6.05. The van der Waals surface area contributed by atoms with E-state index < -0.39 is 5.60 Å². The molecule has 1 aromatic heterocycles. The van der Waals surface area contributed by atoms with Gasteiger partial charge in [0.1, 0.15) is 5.52 Å². The number of rotatable bonds is 2. The molecule has 1 saturated heterocycles. The average molecular weight is 375 g/mol. The normalized spacial score (nSPS) is 27.5. The van der Waals surface area contributed by atoms with E-state index in [4.69, 9.17) is 0 Å². The summed E-state index contributed by atoms with van der Waals surface area (Å²) in [7, 11) is 0. The molecule has 1 amide bonds. The Morgan fingerprint density at radius 2 is 1.93 bits per heavy atom. The maximum Gasteiger partial charge on any atom is 0.256 e. The van der Waals surface area contributed by atoms with Gasteiger partial charge >= 0.3 is 0 Å². The van der Waals surface area contributed by atoms with Crippen molar-refractivity contribution in [1.29, 1.82) is 0 Å². The van der Waals surface area contributed by atoms with Crippen LogP contribution in [0.25, 0.3) is 11.0 Å². The van der Waals surface area contributed by atoms with E-state index in [9.17, 15) is 9.90 Å². The molecule has 5 nitrogen and oxygen atoms in total. The van der Waals surface area contributed by atoms with Crippen LogP contribution in [0.5, 0.6) is 0 Å². The van der Waals surface area contributed by atoms with Crippen molar-refractivity contribution in [1.82, 2.24) is 14.9 Å². The van der Waals surface area contributed by atoms with Crippen LogP contribution >= 0.6 is 0 Å². The molecule has 0 radical (unpaired) electrons. The molecule has 3 aromatic rings. The zero-order valence-corrected chi connectivity index (χ0v) is 15.8. The molecule has 1 saturated carbocycles. The molecule has 2 aliphatic rings. The molecule has 1 aliphatic carbocycles. The molecule has 1 aliphatic heterocycles. The molecule has 28 heavy (non-hydrogen) atoms. The van der Waals surface area contributed by atoms with Gasteiger partial charge in [-0.3, -0.25) is 4.79 Å². The van der Waals surface area contributed by atoms with Crippen molar-refractivity contribution in [3.63, 3.8) is 0 Å². The van der Waals surface area contributed by atoms with Crippen molar-refractivity contribution in [3.05, 3.63) is 66.0 Å². The van der Waals surface area contributed by atoms with Crippen LogP contribution in [-0.4, -0.2) is 38.5 Å². The molecule has 2 fully saturated rings. The number of amides is 1. The van der Waals surface area contributed by atoms with E-state index in [1.165, 1.54) is 0 Å². The summed E-state index contributed by atoms with van der Waals surface area (Å²) < 4.78 is 0. The van der Waals surface area contributed by atoms with Crippen LogP contribution in [0.2, 0.25) is 0 Å². The predicted octanol–water partition coefficient (Wildman–Crippen LogP) is 3.86. The SMILES string of the molecule is O=C(c1cccc2[nH]cnc12)N1CCC(O)(c2ccccc2)C2CCCCC21. The van der Waals surface area contributed by atoms with Crippen molar-refractivity contribution in [3.8, 4) is 0 Å². The fourth-order valence-electron chi connectivity index (χ4n) is 5.31. The molecule has 3 unspecified atom stereocenters. The van der Waals surface area contributed by atoms with E-state index >= 15 is 0 Å². The molecule has 2 heterocycles. The van der Waals surface area contributed by atoms with E-state index in [0.29, 0.717) is 18.5 Å². The zero-order valence-electron chi connectivity index (χ0n) is 15.8. The first-order valence-corrected chi connectivity index (χ1v) is 10.2. The Hall–Kier alpha value is -2.66. The fraction of sp³-hybridized carbons (Fsp3) is 0.391. The highest BCUT2D eigenvalue weighted by Crippen LogP contribution is 2.47. The van der Waals surface area contributed by atoms with Crippen molar-refractivity contribution in [2.75, 3.05) is 6.54 Å². The van der Waals surface area contributed by atoms with Gasteiger partial charge in [-0.05, 0) is 37.0 Å². The number of piperidine rings is 1. The van der Waals surface area contributed by atoms with Crippen LogP contribution in [0.4, 0.5) is 0 Å². The minimum absolute atomic E-state index is 0.0321. The standard InChI is InChI=1S/C23H25N3O2/c27-22(17-9-6-11-19-21(17)25-15-24-19)26-14-13-23(28,16-7-2-1-3-8-16)18-10-4-5-12-20(18)26/h1-3,6-9,11,15,18,20,28H,4-5,10,12-14H2,(H,24,25). The number of carbonyl (C=O) groups is 1. The summed E-state index contributed by atoms with van der Waals surface area (Å²) in [6, 6.07) is 15.8. The summed E-state index contributed by atoms with van der Waals surface area (Å²) in [4.78, 5) is 23.0. The quantitative estimate of drug-likeness (QED) is 0.715. The van der Waals surface area contributed by atoms with Crippen LogP contribution < -0.4 is 0 Å². The van der Waals surface area contributed by atoms with Crippen molar-refractivity contribution >= 4 is 16.9 Å². The minimum atomic E-state index is -0.860. The number of H-pyrrole nitrogens is 1. The van der Waals surface area contributed by atoms with E-state index in [2.05, 4.69) is 9.97 Å². The van der Waals surface area contributed by atoms with Crippen molar-refractivity contribution in [2.24, 2.45) is 5.92 Å². The highest BCUT2D eigenvalue weighted by atomic mass is 16.3. The lowest BCUT2D eigenvalue weighted by molar-refractivity contribution is -0.110. The molecular formula is C23H25N3O2. The molecular weight excluding hydrogens is 350 g/mol. The largest absolute Gasteiger partial charge is 0.385 e. The number of hydrogen-bond acceptors (Lipinski definition) is 3. The number of nitrogens with zero attached hydrogens (tertiary/aromatic N) is 2. The Labute approximate surface area is 164 Å². The maximum absolute atomic E-state index is 13.5. The number of aromatic amines is 1. The van der Waals surface area contributed by atoms with Crippen molar-refractivity contribution in [2.45, 2.75) is 43.7 Å². The first kappa shape index (κ1) is 17.4. The smallest absolute Gasteiger partial charge is 0.256 e. The Kier molecular flexibility index (Phi) is 4.20. The number of aliphatic hydroxyl groups is 1. The molecule has 5 rings (SSSR count). The second kappa shape index (κ2) is 6.74. The summed E-state index contributed by atoms with van der Waals surface area (Å²) in [5.41, 5.74) is 2.37. The van der Waals surface area contributed by atoms with Crippen LogP contribution in [0.3, 0.4) is 0 Å². The lowest BCUT2D eigenvalue weighted by atomic mass is 9.66. The van der Waals surface area contributed by atoms with E-state index in [-0.39, 0.29) is 17.9 Å². The topological polar surface area (TPSA) is 69.2 Å². The Bertz CT molecular complexity index is 999. The van der Waals surface area contributed by atoms with Gasteiger partial charge in [-0.2, -0.15) is 0 Å². The zero-order chi connectivity index (χ0) is 19.1.